The Bertz CT molecular complexity index is 1360. The monoisotopic (exact) mass is 504 g/mol. The van der Waals surface area contributed by atoms with Gasteiger partial charge in [-0.3, -0.25) is 9.88 Å². The SMILES string of the molecule is O=C(Nc1ccc(OC(F)F)cc1)Nc1ccc(-c2ccc(CN3CCOCC3)nc2)c2ccccc12. The minimum atomic E-state index is -2.90. The predicted octanol–water partition coefficient (Wildman–Crippen LogP) is 5.98. The summed E-state index contributed by atoms with van der Waals surface area (Å²) in [5.74, 6) is 0.0196. The smallest absolute Gasteiger partial charge is 0.387 e. The van der Waals surface area contributed by atoms with E-state index in [4.69, 9.17) is 4.74 Å². The lowest BCUT2D eigenvalue weighted by molar-refractivity contribution is -0.0498. The highest BCUT2D eigenvalue weighted by molar-refractivity contribution is 6.09. The van der Waals surface area contributed by atoms with E-state index in [1.165, 1.54) is 24.3 Å². The van der Waals surface area contributed by atoms with Crippen LogP contribution in [-0.4, -0.2) is 48.8 Å². The summed E-state index contributed by atoms with van der Waals surface area (Å²) in [5.41, 5.74) is 4.11. The summed E-state index contributed by atoms with van der Waals surface area (Å²) in [4.78, 5) is 19.7. The van der Waals surface area contributed by atoms with Crippen molar-refractivity contribution in [2.24, 2.45) is 0 Å². The van der Waals surface area contributed by atoms with Crippen LogP contribution in [0.5, 0.6) is 5.75 Å². The predicted molar refractivity (Wildman–Crippen MR) is 139 cm³/mol. The first-order valence-electron chi connectivity index (χ1n) is 12.0. The molecule has 1 aliphatic rings. The average molecular weight is 505 g/mol. The number of ether oxygens (including phenoxy) is 2. The molecule has 7 nitrogen and oxygen atoms in total. The number of amides is 2. The van der Waals surface area contributed by atoms with Crippen molar-refractivity contribution in [1.82, 2.24) is 9.88 Å². The van der Waals surface area contributed by atoms with Gasteiger partial charge in [0.1, 0.15) is 5.75 Å². The fraction of sp³-hybridized carbons (Fsp3) is 0.214. The molecule has 0 saturated carbocycles. The van der Waals surface area contributed by atoms with Crippen molar-refractivity contribution in [1.29, 1.82) is 0 Å². The topological polar surface area (TPSA) is 75.7 Å². The second-order valence-corrected chi connectivity index (χ2v) is 8.62. The van der Waals surface area contributed by atoms with Crippen LogP contribution in [0.3, 0.4) is 0 Å². The Labute approximate surface area is 213 Å². The Morgan fingerprint density at radius 2 is 1.70 bits per heavy atom. The first-order chi connectivity index (χ1) is 18.0. The molecule has 0 radical (unpaired) electrons. The molecule has 190 valence electrons. The van der Waals surface area contributed by atoms with Crippen LogP contribution in [-0.2, 0) is 11.3 Å². The van der Waals surface area contributed by atoms with Crippen molar-refractivity contribution in [2.45, 2.75) is 13.2 Å². The van der Waals surface area contributed by atoms with E-state index in [2.05, 4.69) is 37.4 Å². The molecular weight excluding hydrogens is 478 g/mol. The highest BCUT2D eigenvalue weighted by Gasteiger charge is 2.13. The zero-order chi connectivity index (χ0) is 25.6. The number of nitrogens with zero attached hydrogens (tertiary/aromatic N) is 2. The number of aromatic nitrogens is 1. The van der Waals surface area contributed by atoms with E-state index in [9.17, 15) is 13.6 Å². The fourth-order valence-corrected chi connectivity index (χ4v) is 4.33. The van der Waals surface area contributed by atoms with E-state index < -0.39 is 12.6 Å². The minimum absolute atomic E-state index is 0.0196. The van der Waals surface area contributed by atoms with Gasteiger partial charge in [-0.05, 0) is 47.3 Å². The van der Waals surface area contributed by atoms with Gasteiger partial charge < -0.3 is 20.1 Å². The van der Waals surface area contributed by atoms with E-state index in [1.807, 2.05) is 42.6 Å². The van der Waals surface area contributed by atoms with Gasteiger partial charge in [-0.2, -0.15) is 8.78 Å². The molecule has 5 rings (SSSR count). The molecule has 4 aromatic rings. The largest absolute Gasteiger partial charge is 0.435 e. The summed E-state index contributed by atoms with van der Waals surface area (Å²) in [6.07, 6.45) is 1.89. The molecule has 1 aromatic heterocycles. The third kappa shape index (κ3) is 6.19. The van der Waals surface area contributed by atoms with E-state index in [-0.39, 0.29) is 5.75 Å². The van der Waals surface area contributed by atoms with Gasteiger partial charge >= 0.3 is 12.6 Å². The van der Waals surface area contributed by atoms with Gasteiger partial charge in [0.05, 0.1) is 24.6 Å². The molecule has 2 heterocycles. The Kier molecular flexibility index (Phi) is 7.53. The normalized spacial score (nSPS) is 14.0. The number of anilines is 2. The molecule has 0 aliphatic carbocycles. The summed E-state index contributed by atoms with van der Waals surface area (Å²) >= 11 is 0. The van der Waals surface area contributed by atoms with Crippen LogP contribution < -0.4 is 15.4 Å². The third-order valence-corrected chi connectivity index (χ3v) is 6.13. The Morgan fingerprint density at radius 3 is 2.41 bits per heavy atom. The minimum Gasteiger partial charge on any atom is -0.435 e. The molecule has 1 aliphatic heterocycles. The molecule has 9 heteroatoms. The maximum Gasteiger partial charge on any atom is 0.387 e. The van der Waals surface area contributed by atoms with Gasteiger partial charge in [-0.1, -0.05) is 36.4 Å². The van der Waals surface area contributed by atoms with Crippen molar-refractivity contribution < 1.29 is 23.0 Å². The lowest BCUT2D eigenvalue weighted by atomic mass is 9.98. The zero-order valence-corrected chi connectivity index (χ0v) is 20.0. The number of alkyl halides is 2. The molecule has 0 bridgehead atoms. The number of benzene rings is 3. The van der Waals surface area contributed by atoms with Crippen LogP contribution >= 0.6 is 0 Å². The molecule has 1 saturated heterocycles. The van der Waals surface area contributed by atoms with E-state index in [0.717, 1.165) is 60.4 Å². The maximum absolute atomic E-state index is 12.6. The molecule has 2 amide bonds. The standard InChI is InChI=1S/C28H26F2N4O3/c29-27(30)37-22-9-7-20(8-10-22)32-28(35)33-26-12-11-23(24-3-1-2-4-25(24)26)19-5-6-21(31-17-19)18-34-13-15-36-16-14-34/h1-12,17,27H,13-16,18H2,(H2,32,33,35). The number of morpholine rings is 1. The Morgan fingerprint density at radius 1 is 0.946 bits per heavy atom. The number of hydrogen-bond donors (Lipinski definition) is 2. The summed E-state index contributed by atoms with van der Waals surface area (Å²) in [7, 11) is 0. The number of halogens is 2. The number of fused-ring (bicyclic) bond motifs is 1. The number of rotatable bonds is 7. The van der Waals surface area contributed by atoms with Crippen molar-refractivity contribution >= 4 is 28.2 Å². The van der Waals surface area contributed by atoms with Crippen LogP contribution in [0.1, 0.15) is 5.69 Å². The van der Waals surface area contributed by atoms with Crippen LogP contribution in [0.25, 0.3) is 21.9 Å². The van der Waals surface area contributed by atoms with Gasteiger partial charge in [-0.15, -0.1) is 0 Å². The lowest BCUT2D eigenvalue weighted by Gasteiger charge is -2.26. The van der Waals surface area contributed by atoms with Gasteiger partial charge in [0.25, 0.3) is 0 Å². The molecule has 1 fully saturated rings. The van der Waals surface area contributed by atoms with Crippen molar-refractivity contribution in [3.05, 3.63) is 84.7 Å². The van der Waals surface area contributed by atoms with Crippen LogP contribution in [0, 0.1) is 0 Å². The quantitative estimate of drug-likeness (QED) is 0.324. The third-order valence-electron chi connectivity index (χ3n) is 6.13. The fourth-order valence-electron chi connectivity index (χ4n) is 4.33. The Hall–Kier alpha value is -4.08. The summed E-state index contributed by atoms with van der Waals surface area (Å²) in [5, 5.41) is 7.45. The maximum atomic E-state index is 12.6. The van der Waals surface area contributed by atoms with Crippen LogP contribution in [0.4, 0.5) is 25.0 Å². The molecule has 0 spiro atoms. The van der Waals surface area contributed by atoms with Crippen LogP contribution in [0.2, 0.25) is 0 Å². The van der Waals surface area contributed by atoms with Crippen LogP contribution in [0.15, 0.2) is 79.0 Å². The zero-order valence-electron chi connectivity index (χ0n) is 20.0. The lowest BCUT2D eigenvalue weighted by Crippen LogP contribution is -2.35. The first kappa shape index (κ1) is 24.6. The van der Waals surface area contributed by atoms with E-state index >= 15 is 0 Å². The van der Waals surface area contributed by atoms with Gasteiger partial charge in [0.15, 0.2) is 0 Å². The van der Waals surface area contributed by atoms with Crippen molar-refractivity contribution in [3.8, 4) is 16.9 Å². The number of nitrogens with one attached hydrogen (secondary N) is 2. The molecular formula is C28H26F2N4O3. The average Bonchev–Trinajstić information content (AvgIpc) is 2.91. The first-order valence-corrected chi connectivity index (χ1v) is 12.0. The van der Waals surface area contributed by atoms with Gasteiger partial charge in [0.2, 0.25) is 0 Å². The second kappa shape index (κ2) is 11.3. The second-order valence-electron chi connectivity index (χ2n) is 8.62. The number of urea groups is 1. The molecule has 37 heavy (non-hydrogen) atoms. The van der Waals surface area contributed by atoms with E-state index in [0.29, 0.717) is 11.4 Å². The highest BCUT2D eigenvalue weighted by atomic mass is 19.3. The molecule has 0 atom stereocenters. The number of pyridine rings is 1. The van der Waals surface area contributed by atoms with Gasteiger partial charge in [0, 0.05) is 42.5 Å². The van der Waals surface area contributed by atoms with Crippen molar-refractivity contribution in [3.63, 3.8) is 0 Å². The number of carbonyl (C=O) groups is 1. The summed E-state index contributed by atoms with van der Waals surface area (Å²) in [6, 6.07) is 21.1. The molecule has 2 N–H and O–H groups in total. The number of carbonyl (C=O) groups excluding carboxylic acids is 1. The van der Waals surface area contributed by atoms with E-state index in [1.54, 1.807) is 0 Å². The van der Waals surface area contributed by atoms with Gasteiger partial charge in [-0.25, -0.2) is 4.79 Å². The number of hydrogen-bond acceptors (Lipinski definition) is 5. The summed E-state index contributed by atoms with van der Waals surface area (Å²) < 4.78 is 34.4. The van der Waals surface area contributed by atoms with Crippen molar-refractivity contribution in [2.75, 3.05) is 36.9 Å². The molecule has 0 unspecified atom stereocenters. The molecule has 3 aromatic carbocycles. The highest BCUT2D eigenvalue weighted by Crippen LogP contribution is 2.33. The Balaban J connectivity index is 1.30. The summed E-state index contributed by atoms with van der Waals surface area (Å²) in [6.45, 7) is 1.23.